The molecule has 1 atom stereocenters. The van der Waals surface area contributed by atoms with Crippen molar-refractivity contribution in [2.24, 2.45) is 0 Å². The minimum atomic E-state index is -1.23. The van der Waals surface area contributed by atoms with Gasteiger partial charge in [-0.15, -0.1) is 0 Å². The van der Waals surface area contributed by atoms with E-state index in [-0.39, 0.29) is 11.5 Å². The van der Waals surface area contributed by atoms with Gasteiger partial charge in [-0.2, -0.15) is 0 Å². The maximum Gasteiger partial charge on any atom is 0.371 e. The van der Waals surface area contributed by atoms with Crippen LogP contribution in [0.5, 0.6) is 0 Å². The summed E-state index contributed by atoms with van der Waals surface area (Å²) in [6.45, 7) is 1.89. The number of aryl methyl sites for hydroxylation is 1. The third-order valence-electron chi connectivity index (χ3n) is 2.48. The number of rotatable bonds is 4. The second-order valence-electron chi connectivity index (χ2n) is 3.83. The molecule has 0 bridgehead atoms. The lowest BCUT2D eigenvalue weighted by Gasteiger charge is -2.03. The predicted octanol–water partition coefficient (Wildman–Crippen LogP) is 2.59. The smallest absolute Gasteiger partial charge is 0.371 e. The van der Waals surface area contributed by atoms with Crippen LogP contribution in [-0.4, -0.2) is 15.3 Å². The fourth-order valence-corrected chi connectivity index (χ4v) is 2.82. The molecule has 0 radical (unpaired) electrons. The summed E-state index contributed by atoms with van der Waals surface area (Å²) < 4.78 is 17.2. The number of furan rings is 1. The fraction of sp³-hybridized carbons (Fsp3) is 0.154. The maximum absolute atomic E-state index is 12.1. The Balaban J connectivity index is 2.16. The van der Waals surface area contributed by atoms with Crippen LogP contribution in [0.4, 0.5) is 0 Å². The number of aromatic carboxylic acids is 1. The SMILES string of the molecule is Cc1ccccc1[S@@](=O)Cc1ccc(C(=O)O)o1. The Morgan fingerprint density at radius 3 is 2.61 bits per heavy atom. The van der Waals surface area contributed by atoms with Crippen LogP contribution in [0.25, 0.3) is 0 Å². The zero-order valence-electron chi connectivity index (χ0n) is 9.75. The highest BCUT2D eigenvalue weighted by Gasteiger charge is 2.13. The number of benzene rings is 1. The zero-order valence-corrected chi connectivity index (χ0v) is 10.6. The largest absolute Gasteiger partial charge is 0.475 e. The minimum absolute atomic E-state index is 0.133. The van der Waals surface area contributed by atoms with Crippen LogP contribution >= 0.6 is 0 Å². The summed E-state index contributed by atoms with van der Waals surface area (Å²) in [6.07, 6.45) is 0. The lowest BCUT2D eigenvalue weighted by atomic mass is 10.2. The molecule has 1 aromatic carbocycles. The molecule has 0 saturated carbocycles. The van der Waals surface area contributed by atoms with Gasteiger partial charge in [0.15, 0.2) is 0 Å². The van der Waals surface area contributed by atoms with Gasteiger partial charge >= 0.3 is 5.97 Å². The first kappa shape index (κ1) is 12.6. The molecule has 0 amide bonds. The molecule has 18 heavy (non-hydrogen) atoms. The van der Waals surface area contributed by atoms with Crippen LogP contribution in [0.15, 0.2) is 45.7 Å². The van der Waals surface area contributed by atoms with Crippen molar-refractivity contribution < 1.29 is 18.5 Å². The van der Waals surface area contributed by atoms with Gasteiger partial charge in [0.2, 0.25) is 5.76 Å². The Labute approximate surface area is 107 Å². The molecule has 0 unspecified atom stereocenters. The predicted molar refractivity (Wildman–Crippen MR) is 67.0 cm³/mol. The van der Waals surface area contributed by atoms with Crippen molar-refractivity contribution in [3.63, 3.8) is 0 Å². The minimum Gasteiger partial charge on any atom is -0.475 e. The Kier molecular flexibility index (Phi) is 3.62. The van der Waals surface area contributed by atoms with Crippen molar-refractivity contribution in [1.29, 1.82) is 0 Å². The fourth-order valence-electron chi connectivity index (χ4n) is 1.59. The summed E-state index contributed by atoms with van der Waals surface area (Å²) >= 11 is 0. The van der Waals surface area contributed by atoms with Crippen LogP contribution in [0.3, 0.4) is 0 Å². The first-order valence-corrected chi connectivity index (χ1v) is 6.66. The second kappa shape index (κ2) is 5.18. The molecule has 0 aliphatic carbocycles. The second-order valence-corrected chi connectivity index (χ2v) is 5.25. The summed E-state index contributed by atoms with van der Waals surface area (Å²) in [5.74, 6) is -0.665. The van der Waals surface area contributed by atoms with Crippen LogP contribution in [0, 0.1) is 6.92 Å². The average Bonchev–Trinajstić information content (AvgIpc) is 2.78. The Bertz CT molecular complexity index is 601. The number of hydrogen-bond acceptors (Lipinski definition) is 3. The summed E-state index contributed by atoms with van der Waals surface area (Å²) in [5, 5.41) is 8.72. The summed E-state index contributed by atoms with van der Waals surface area (Å²) in [5.41, 5.74) is 0.945. The van der Waals surface area contributed by atoms with Crippen LogP contribution in [0.2, 0.25) is 0 Å². The van der Waals surface area contributed by atoms with Crippen molar-refractivity contribution in [3.05, 3.63) is 53.5 Å². The van der Waals surface area contributed by atoms with Crippen LogP contribution < -0.4 is 0 Å². The van der Waals surface area contributed by atoms with E-state index in [9.17, 15) is 9.00 Å². The first-order valence-electron chi connectivity index (χ1n) is 5.34. The Morgan fingerprint density at radius 2 is 2.00 bits per heavy atom. The van der Waals surface area contributed by atoms with Gasteiger partial charge in [-0.1, -0.05) is 18.2 Å². The van der Waals surface area contributed by atoms with E-state index in [4.69, 9.17) is 9.52 Å². The highest BCUT2D eigenvalue weighted by molar-refractivity contribution is 7.84. The lowest BCUT2D eigenvalue weighted by Crippen LogP contribution is -1.98. The molecule has 1 aromatic heterocycles. The van der Waals surface area contributed by atoms with Gasteiger partial charge in [0.25, 0.3) is 0 Å². The third-order valence-corrected chi connectivity index (χ3v) is 3.98. The van der Waals surface area contributed by atoms with E-state index in [0.717, 1.165) is 10.5 Å². The van der Waals surface area contributed by atoms with Gasteiger partial charge in [-0.05, 0) is 30.7 Å². The van der Waals surface area contributed by atoms with E-state index in [1.54, 1.807) is 12.1 Å². The van der Waals surface area contributed by atoms with E-state index in [0.29, 0.717) is 5.76 Å². The van der Waals surface area contributed by atoms with Crippen molar-refractivity contribution in [1.82, 2.24) is 0 Å². The molecule has 94 valence electrons. The van der Waals surface area contributed by atoms with Crippen molar-refractivity contribution >= 4 is 16.8 Å². The van der Waals surface area contributed by atoms with E-state index >= 15 is 0 Å². The third kappa shape index (κ3) is 2.68. The molecule has 2 rings (SSSR count). The standard InChI is InChI=1S/C13H12O4S/c1-9-4-2-3-5-12(9)18(16)8-10-6-7-11(17-10)13(14)15/h2-7H,8H2,1H3,(H,14,15)/t18-/m0/s1. The normalized spacial score (nSPS) is 12.3. The number of hydrogen-bond donors (Lipinski definition) is 1. The Hall–Kier alpha value is -1.88. The molecule has 0 saturated heterocycles. The van der Waals surface area contributed by atoms with E-state index in [2.05, 4.69) is 0 Å². The number of carboxylic acid groups (broad SMARTS) is 1. The van der Waals surface area contributed by atoms with Gasteiger partial charge in [0.05, 0.1) is 16.6 Å². The summed E-state index contributed by atoms with van der Waals surface area (Å²) in [4.78, 5) is 11.4. The van der Waals surface area contributed by atoms with Gasteiger partial charge < -0.3 is 9.52 Å². The summed E-state index contributed by atoms with van der Waals surface area (Å²) in [7, 11) is -1.23. The average molecular weight is 264 g/mol. The van der Waals surface area contributed by atoms with Gasteiger partial charge in [0.1, 0.15) is 5.76 Å². The molecule has 2 aromatic rings. The van der Waals surface area contributed by atoms with Gasteiger partial charge in [0, 0.05) is 4.90 Å². The molecule has 0 aliphatic heterocycles. The van der Waals surface area contributed by atoms with Gasteiger partial charge in [-0.25, -0.2) is 4.79 Å². The van der Waals surface area contributed by atoms with E-state index in [1.165, 1.54) is 6.07 Å². The quantitative estimate of drug-likeness (QED) is 0.921. The molecule has 1 N–H and O–H groups in total. The monoisotopic (exact) mass is 264 g/mol. The van der Waals surface area contributed by atoms with Crippen molar-refractivity contribution in [3.8, 4) is 0 Å². The van der Waals surface area contributed by atoms with Crippen molar-refractivity contribution in [2.75, 3.05) is 0 Å². The molecule has 0 fully saturated rings. The molecule has 5 heteroatoms. The number of carbonyl (C=O) groups is 1. The maximum atomic E-state index is 12.1. The molecule has 1 heterocycles. The molecule has 0 aliphatic rings. The molecular formula is C13H12O4S. The van der Waals surface area contributed by atoms with E-state index < -0.39 is 16.8 Å². The summed E-state index contributed by atoms with van der Waals surface area (Å²) in [6, 6.07) is 10.3. The topological polar surface area (TPSA) is 67.5 Å². The molecular weight excluding hydrogens is 252 g/mol. The highest BCUT2D eigenvalue weighted by Crippen LogP contribution is 2.17. The van der Waals surface area contributed by atoms with Crippen LogP contribution in [-0.2, 0) is 16.6 Å². The van der Waals surface area contributed by atoms with Crippen LogP contribution in [0.1, 0.15) is 21.9 Å². The Morgan fingerprint density at radius 1 is 1.28 bits per heavy atom. The van der Waals surface area contributed by atoms with Gasteiger partial charge in [-0.3, -0.25) is 4.21 Å². The lowest BCUT2D eigenvalue weighted by molar-refractivity contribution is 0.0661. The van der Waals surface area contributed by atoms with E-state index in [1.807, 2.05) is 25.1 Å². The molecule has 4 nitrogen and oxygen atoms in total. The number of carboxylic acids is 1. The highest BCUT2D eigenvalue weighted by atomic mass is 32.2. The first-order chi connectivity index (χ1) is 8.58. The van der Waals surface area contributed by atoms with Crippen molar-refractivity contribution in [2.45, 2.75) is 17.6 Å². The zero-order chi connectivity index (χ0) is 13.1. The molecule has 0 spiro atoms.